The van der Waals surface area contributed by atoms with Crippen molar-refractivity contribution in [2.24, 2.45) is 0 Å². The Morgan fingerprint density at radius 2 is 1.22 bits per heavy atom. The Balaban J connectivity index is 1.96. The molecule has 0 saturated carbocycles. The first-order valence-corrected chi connectivity index (χ1v) is 9.02. The minimum Gasteiger partial charge on any atom is -0.207 e. The van der Waals surface area contributed by atoms with Gasteiger partial charge in [0.15, 0.2) is 0 Å². The van der Waals surface area contributed by atoms with E-state index in [4.69, 9.17) is 23.2 Å². The lowest BCUT2D eigenvalue weighted by Gasteiger charge is -2.12. The molecule has 0 atom stereocenters. The molecular formula is C22H13Cl2FN2. The maximum absolute atomic E-state index is 13.4. The predicted octanol–water partition coefficient (Wildman–Crippen LogP) is 6.92. The van der Waals surface area contributed by atoms with Gasteiger partial charge in [0.2, 0.25) is 0 Å². The lowest BCUT2D eigenvalue weighted by molar-refractivity contribution is 0.628. The summed E-state index contributed by atoms with van der Waals surface area (Å²) in [6.45, 7) is 0. The van der Waals surface area contributed by atoms with Crippen molar-refractivity contribution in [1.29, 1.82) is 0 Å². The largest absolute Gasteiger partial charge is 0.207 e. The summed E-state index contributed by atoms with van der Waals surface area (Å²) in [7, 11) is 0. The molecule has 3 aromatic carbocycles. The second-order valence-electron chi connectivity index (χ2n) is 5.96. The van der Waals surface area contributed by atoms with E-state index in [-0.39, 0.29) is 5.82 Å². The van der Waals surface area contributed by atoms with Crippen molar-refractivity contribution < 1.29 is 4.39 Å². The second kappa shape index (κ2) is 7.47. The predicted molar refractivity (Wildman–Crippen MR) is 108 cm³/mol. The van der Waals surface area contributed by atoms with Gasteiger partial charge in [0.25, 0.3) is 0 Å². The number of rotatable bonds is 3. The standard InChI is InChI=1S/C22H13Cl2FN2/c23-19-7-3-1-5-16(19)21-13-18(14-9-11-15(25)12-10-14)22(27-26-21)17-6-2-4-8-20(17)24/h1-13H. The van der Waals surface area contributed by atoms with E-state index >= 15 is 0 Å². The fraction of sp³-hybridized carbons (Fsp3) is 0. The fourth-order valence-corrected chi connectivity index (χ4v) is 3.35. The molecule has 0 aliphatic heterocycles. The zero-order valence-corrected chi connectivity index (χ0v) is 15.5. The zero-order valence-electron chi connectivity index (χ0n) is 14.0. The van der Waals surface area contributed by atoms with Crippen LogP contribution in [-0.4, -0.2) is 10.2 Å². The van der Waals surface area contributed by atoms with Gasteiger partial charge in [-0.15, -0.1) is 10.2 Å². The molecule has 1 aromatic heterocycles. The van der Waals surface area contributed by atoms with Crippen molar-refractivity contribution in [3.63, 3.8) is 0 Å². The van der Waals surface area contributed by atoms with Crippen LogP contribution in [0.15, 0.2) is 78.9 Å². The van der Waals surface area contributed by atoms with Crippen molar-refractivity contribution in [3.8, 4) is 33.6 Å². The van der Waals surface area contributed by atoms with Gasteiger partial charge in [-0.1, -0.05) is 71.7 Å². The molecule has 4 rings (SSSR count). The minimum atomic E-state index is -0.300. The van der Waals surface area contributed by atoms with Gasteiger partial charge in [-0.25, -0.2) is 4.39 Å². The van der Waals surface area contributed by atoms with Crippen LogP contribution < -0.4 is 0 Å². The number of benzene rings is 3. The zero-order chi connectivity index (χ0) is 18.8. The Bertz CT molecular complexity index is 1110. The third kappa shape index (κ3) is 3.57. The summed E-state index contributed by atoms with van der Waals surface area (Å²) in [5.41, 5.74) is 4.42. The third-order valence-electron chi connectivity index (χ3n) is 4.23. The topological polar surface area (TPSA) is 25.8 Å². The van der Waals surface area contributed by atoms with Crippen LogP contribution in [0.3, 0.4) is 0 Å². The normalized spacial score (nSPS) is 10.8. The molecule has 0 aliphatic carbocycles. The number of hydrogen-bond acceptors (Lipinski definition) is 2. The Morgan fingerprint density at radius 3 is 1.85 bits per heavy atom. The van der Waals surface area contributed by atoms with E-state index in [1.807, 2.05) is 42.5 Å². The van der Waals surface area contributed by atoms with Gasteiger partial charge in [-0.05, 0) is 35.9 Å². The van der Waals surface area contributed by atoms with Crippen LogP contribution in [0.1, 0.15) is 0 Å². The summed E-state index contributed by atoms with van der Waals surface area (Å²) < 4.78 is 13.4. The van der Waals surface area contributed by atoms with Gasteiger partial charge in [0, 0.05) is 16.7 Å². The molecule has 0 saturated heterocycles. The Kier molecular flexibility index (Phi) is 4.88. The average Bonchev–Trinajstić information content (AvgIpc) is 2.69. The maximum atomic E-state index is 13.4. The number of nitrogens with zero attached hydrogens (tertiary/aromatic N) is 2. The molecule has 0 bridgehead atoms. The molecule has 132 valence electrons. The molecule has 0 N–H and O–H groups in total. The first-order chi connectivity index (χ1) is 13.1. The van der Waals surface area contributed by atoms with Crippen LogP contribution in [0.4, 0.5) is 4.39 Å². The highest BCUT2D eigenvalue weighted by Gasteiger charge is 2.16. The molecule has 0 unspecified atom stereocenters. The van der Waals surface area contributed by atoms with Crippen LogP contribution in [0.5, 0.6) is 0 Å². The first-order valence-electron chi connectivity index (χ1n) is 8.27. The summed E-state index contributed by atoms with van der Waals surface area (Å²) in [6.07, 6.45) is 0. The van der Waals surface area contributed by atoms with Gasteiger partial charge in [-0.2, -0.15) is 0 Å². The van der Waals surface area contributed by atoms with Gasteiger partial charge in [0.1, 0.15) is 11.5 Å². The van der Waals surface area contributed by atoms with E-state index in [0.29, 0.717) is 21.4 Å². The van der Waals surface area contributed by atoms with Crippen molar-refractivity contribution in [2.75, 3.05) is 0 Å². The number of hydrogen-bond donors (Lipinski definition) is 0. The highest BCUT2D eigenvalue weighted by molar-refractivity contribution is 6.33. The van der Waals surface area contributed by atoms with E-state index < -0.39 is 0 Å². The first kappa shape index (κ1) is 17.7. The summed E-state index contributed by atoms with van der Waals surface area (Å²) in [6, 6.07) is 23.0. The van der Waals surface area contributed by atoms with Crippen LogP contribution in [0, 0.1) is 5.82 Å². The van der Waals surface area contributed by atoms with E-state index in [1.54, 1.807) is 24.3 Å². The molecule has 5 heteroatoms. The molecule has 27 heavy (non-hydrogen) atoms. The quantitative estimate of drug-likeness (QED) is 0.376. The molecule has 2 nitrogen and oxygen atoms in total. The molecule has 1 heterocycles. The molecular weight excluding hydrogens is 382 g/mol. The maximum Gasteiger partial charge on any atom is 0.123 e. The van der Waals surface area contributed by atoms with Gasteiger partial charge >= 0.3 is 0 Å². The molecule has 4 aromatic rings. The van der Waals surface area contributed by atoms with E-state index in [2.05, 4.69) is 10.2 Å². The van der Waals surface area contributed by atoms with Crippen molar-refractivity contribution in [3.05, 3.63) is 94.7 Å². The highest BCUT2D eigenvalue weighted by Crippen LogP contribution is 2.37. The van der Waals surface area contributed by atoms with Crippen LogP contribution in [0.2, 0.25) is 10.0 Å². The van der Waals surface area contributed by atoms with Crippen molar-refractivity contribution in [1.82, 2.24) is 10.2 Å². The summed E-state index contributed by atoms with van der Waals surface area (Å²) in [5.74, 6) is -0.300. The summed E-state index contributed by atoms with van der Waals surface area (Å²) in [4.78, 5) is 0. The highest BCUT2D eigenvalue weighted by atomic mass is 35.5. The van der Waals surface area contributed by atoms with Gasteiger partial charge in [0.05, 0.1) is 15.7 Å². The molecule has 0 spiro atoms. The lowest BCUT2D eigenvalue weighted by Crippen LogP contribution is -1.96. The second-order valence-corrected chi connectivity index (χ2v) is 6.77. The minimum absolute atomic E-state index is 0.300. The van der Waals surface area contributed by atoms with E-state index in [1.165, 1.54) is 12.1 Å². The summed E-state index contributed by atoms with van der Waals surface area (Å²) in [5, 5.41) is 9.96. The van der Waals surface area contributed by atoms with Crippen LogP contribution in [-0.2, 0) is 0 Å². The van der Waals surface area contributed by atoms with Crippen LogP contribution in [0.25, 0.3) is 33.6 Å². The third-order valence-corrected chi connectivity index (χ3v) is 4.89. The SMILES string of the molecule is Fc1ccc(-c2cc(-c3ccccc3Cl)nnc2-c2ccccc2Cl)cc1. The number of halogens is 3. The Morgan fingerprint density at radius 1 is 0.630 bits per heavy atom. The monoisotopic (exact) mass is 394 g/mol. The average molecular weight is 395 g/mol. The van der Waals surface area contributed by atoms with Gasteiger partial charge < -0.3 is 0 Å². The number of aromatic nitrogens is 2. The fourth-order valence-electron chi connectivity index (χ4n) is 2.89. The molecule has 0 radical (unpaired) electrons. The van der Waals surface area contributed by atoms with Crippen molar-refractivity contribution >= 4 is 23.2 Å². The smallest absolute Gasteiger partial charge is 0.123 e. The molecule has 0 aliphatic rings. The van der Waals surface area contributed by atoms with E-state index in [0.717, 1.165) is 22.3 Å². The lowest BCUT2D eigenvalue weighted by atomic mass is 9.98. The Hall–Kier alpha value is -2.75. The Labute approximate surface area is 166 Å². The molecule has 0 fully saturated rings. The molecule has 0 amide bonds. The van der Waals surface area contributed by atoms with Gasteiger partial charge in [-0.3, -0.25) is 0 Å². The van der Waals surface area contributed by atoms with Crippen LogP contribution >= 0.6 is 23.2 Å². The summed E-state index contributed by atoms with van der Waals surface area (Å²) >= 11 is 12.7. The van der Waals surface area contributed by atoms with Crippen molar-refractivity contribution in [2.45, 2.75) is 0 Å². The van der Waals surface area contributed by atoms with E-state index in [9.17, 15) is 4.39 Å².